The first-order valence-electron chi connectivity index (χ1n) is 8.00. The molecule has 0 aliphatic carbocycles. The summed E-state index contributed by atoms with van der Waals surface area (Å²) < 4.78 is 225. The van der Waals surface area contributed by atoms with Gasteiger partial charge in [-0.3, -0.25) is 4.31 Å². The lowest BCUT2D eigenvalue weighted by molar-refractivity contribution is -0.461. The number of nitrogens with zero attached hydrogens (tertiary/aromatic N) is 1. The number of hydrogen-bond donors (Lipinski definition) is 0. The van der Waals surface area contributed by atoms with E-state index in [1.54, 1.807) is 0 Å². The zero-order valence-corrected chi connectivity index (χ0v) is 17.5. The Morgan fingerprint density at radius 3 is 1.03 bits per heavy atom. The fraction of sp³-hybridized carbons (Fsp3) is 1.00. The minimum absolute atomic E-state index is 1.12. The number of hydrogen-bond acceptors (Lipinski definition) is 1. The fourth-order valence-corrected chi connectivity index (χ4v) is 3.03. The molecule has 19 heteroatoms. The minimum atomic E-state index is -8.59. The van der Waals surface area contributed by atoms with Crippen molar-refractivity contribution in [2.24, 2.45) is 0 Å². The Morgan fingerprint density at radius 1 is 0.485 bits per heavy atom. The Kier molecular flexibility index (Phi) is 8.14. The monoisotopic (exact) mass is 553 g/mol. The highest BCUT2D eigenvalue weighted by atomic mass is 32.3. The molecule has 0 aliphatic heterocycles. The first-order valence-corrected chi connectivity index (χ1v) is 10.6. The number of halogens is 17. The molecule has 0 saturated heterocycles. The highest BCUT2D eigenvalue weighted by Crippen LogP contribution is 2.64. The van der Waals surface area contributed by atoms with Crippen LogP contribution < -0.4 is 0 Å². The summed E-state index contributed by atoms with van der Waals surface area (Å²) in [6.45, 7) is 0. The molecule has 0 amide bonds. The van der Waals surface area contributed by atoms with Crippen LogP contribution in [-0.2, 0) is 0 Å². The normalized spacial score (nSPS) is 17.0. The van der Waals surface area contributed by atoms with E-state index in [4.69, 9.17) is 0 Å². The summed E-state index contributed by atoms with van der Waals surface area (Å²) >= 11 is 0. The van der Waals surface area contributed by atoms with E-state index in [1.807, 2.05) is 0 Å². The first kappa shape index (κ1) is 32.1. The van der Waals surface area contributed by atoms with Crippen molar-refractivity contribution in [3.63, 3.8) is 0 Å². The van der Waals surface area contributed by atoms with Crippen LogP contribution in [0.2, 0.25) is 0 Å². The molecule has 0 aromatic carbocycles. The summed E-state index contributed by atoms with van der Waals surface area (Å²) in [5.41, 5.74) is 0. The van der Waals surface area contributed by atoms with Crippen LogP contribution in [0, 0.1) is 0 Å². The van der Waals surface area contributed by atoms with Gasteiger partial charge in [-0.25, -0.2) is 0 Å². The standard InChI is InChI=1S/C14H16F17NS/c1-32(2)33(3,4)6-5-7(15,16)8(17,18)9(19,20)10(21,22)11(23,24)12(25,26)13(27,28)14(29,30)31/h5-6H2,1-4H3. The molecule has 202 valence electrons. The molecule has 0 aromatic heterocycles. The van der Waals surface area contributed by atoms with E-state index in [0.717, 1.165) is 16.8 Å². The van der Waals surface area contributed by atoms with E-state index < -0.39 is 70.0 Å². The van der Waals surface area contributed by atoms with Gasteiger partial charge in [-0.05, 0) is 32.4 Å². The topological polar surface area (TPSA) is 3.24 Å². The fourth-order valence-electron chi connectivity index (χ4n) is 1.91. The molecule has 0 spiro atoms. The van der Waals surface area contributed by atoms with Crippen molar-refractivity contribution in [2.75, 3.05) is 32.4 Å². The zero-order valence-electron chi connectivity index (χ0n) is 16.7. The average Bonchev–Trinajstić information content (AvgIpc) is 2.57. The van der Waals surface area contributed by atoms with Crippen LogP contribution in [0.1, 0.15) is 6.42 Å². The minimum Gasteiger partial charge on any atom is -0.274 e. The maximum absolute atomic E-state index is 13.8. The van der Waals surface area contributed by atoms with Crippen LogP contribution in [0.15, 0.2) is 0 Å². The molecule has 0 radical (unpaired) electrons. The molecule has 0 fully saturated rings. The second-order valence-electron chi connectivity index (χ2n) is 7.39. The van der Waals surface area contributed by atoms with Gasteiger partial charge in [0.15, 0.2) is 0 Å². The van der Waals surface area contributed by atoms with Crippen molar-refractivity contribution in [2.45, 2.75) is 54.1 Å². The average molecular weight is 553 g/mol. The maximum atomic E-state index is 13.8. The third kappa shape index (κ3) is 4.68. The van der Waals surface area contributed by atoms with Gasteiger partial charge in [0.25, 0.3) is 0 Å². The van der Waals surface area contributed by atoms with Crippen molar-refractivity contribution >= 4 is 10.2 Å². The molecule has 0 bridgehead atoms. The van der Waals surface area contributed by atoms with E-state index >= 15 is 0 Å². The van der Waals surface area contributed by atoms with Crippen molar-refractivity contribution < 1.29 is 74.6 Å². The lowest BCUT2D eigenvalue weighted by Gasteiger charge is -2.44. The molecule has 0 rings (SSSR count). The van der Waals surface area contributed by atoms with Gasteiger partial charge >= 0.3 is 47.6 Å². The lowest BCUT2D eigenvalue weighted by Crippen LogP contribution is -2.74. The molecule has 0 N–H and O–H groups in total. The highest BCUT2D eigenvalue weighted by Gasteiger charge is 2.95. The Hall–Kier alpha value is -0.880. The number of rotatable bonds is 10. The van der Waals surface area contributed by atoms with Crippen LogP contribution in [0.5, 0.6) is 0 Å². The van der Waals surface area contributed by atoms with Gasteiger partial charge in [0.2, 0.25) is 0 Å². The molecule has 0 atom stereocenters. The van der Waals surface area contributed by atoms with Gasteiger partial charge in [0, 0.05) is 6.42 Å². The second-order valence-corrected chi connectivity index (χ2v) is 11.5. The van der Waals surface area contributed by atoms with Crippen LogP contribution in [0.25, 0.3) is 0 Å². The van der Waals surface area contributed by atoms with Crippen molar-refractivity contribution in [3.8, 4) is 0 Å². The summed E-state index contributed by atoms with van der Waals surface area (Å²) in [5, 5.41) is 0. The first-order chi connectivity index (χ1) is 13.9. The van der Waals surface area contributed by atoms with Crippen LogP contribution >= 0.6 is 10.2 Å². The van der Waals surface area contributed by atoms with Gasteiger partial charge in [-0.2, -0.15) is 84.9 Å². The SMILES string of the molecule is CN(C)S(C)(C)CCC(F)(F)C(F)(F)C(F)(F)C(F)(F)C(F)(F)C(F)(F)C(F)(F)C(F)(F)F. The summed E-state index contributed by atoms with van der Waals surface area (Å²) in [6.07, 6.45) is -7.87. The molecule has 1 nitrogen and oxygen atoms in total. The highest BCUT2D eigenvalue weighted by molar-refractivity contribution is 8.30. The van der Waals surface area contributed by atoms with Gasteiger partial charge in [-0.15, -0.1) is 0 Å². The lowest BCUT2D eigenvalue weighted by atomic mass is 9.88. The van der Waals surface area contributed by atoms with Gasteiger partial charge in [0.1, 0.15) is 0 Å². The Bertz CT molecular complexity index is 694. The molecule has 0 unspecified atom stereocenters. The quantitative estimate of drug-likeness (QED) is 0.266. The molecule has 0 aromatic rings. The smallest absolute Gasteiger partial charge is 0.274 e. The second kappa shape index (κ2) is 8.36. The summed E-state index contributed by atoms with van der Waals surface area (Å²) in [7, 11) is -0.0524. The van der Waals surface area contributed by atoms with E-state index in [0.29, 0.717) is 0 Å². The van der Waals surface area contributed by atoms with E-state index in [2.05, 4.69) is 0 Å². The molecule has 0 saturated carbocycles. The third-order valence-corrected chi connectivity index (χ3v) is 7.87. The van der Waals surface area contributed by atoms with E-state index in [9.17, 15) is 74.6 Å². The van der Waals surface area contributed by atoms with Gasteiger partial charge < -0.3 is 0 Å². The van der Waals surface area contributed by atoms with Gasteiger partial charge in [0.05, 0.1) is 0 Å². The Labute approximate surface area is 176 Å². The van der Waals surface area contributed by atoms with Crippen molar-refractivity contribution in [1.82, 2.24) is 4.31 Å². The summed E-state index contributed by atoms with van der Waals surface area (Å²) in [4.78, 5) is 0. The largest absolute Gasteiger partial charge is 0.460 e. The molecule has 33 heavy (non-hydrogen) atoms. The zero-order chi connectivity index (χ0) is 27.5. The summed E-state index contributed by atoms with van der Waals surface area (Å²) in [5.74, 6) is -57.0. The summed E-state index contributed by atoms with van der Waals surface area (Å²) in [6, 6.07) is 0. The van der Waals surface area contributed by atoms with E-state index in [-0.39, 0.29) is 0 Å². The molecule has 0 aliphatic rings. The van der Waals surface area contributed by atoms with E-state index in [1.165, 1.54) is 14.1 Å². The Morgan fingerprint density at radius 2 is 0.758 bits per heavy atom. The molecular weight excluding hydrogens is 537 g/mol. The predicted octanol–water partition coefficient (Wildman–Crippen LogP) is 6.93. The van der Waals surface area contributed by atoms with Crippen LogP contribution in [-0.4, -0.2) is 84.3 Å². The van der Waals surface area contributed by atoms with Crippen molar-refractivity contribution in [1.29, 1.82) is 0 Å². The van der Waals surface area contributed by atoms with Crippen molar-refractivity contribution in [3.05, 3.63) is 0 Å². The number of alkyl halides is 17. The Balaban J connectivity index is 6.53. The van der Waals surface area contributed by atoms with Gasteiger partial charge in [-0.1, -0.05) is 0 Å². The molecule has 0 heterocycles. The predicted molar refractivity (Wildman–Crippen MR) is 83.3 cm³/mol. The molecular formula is C14H16F17NS. The van der Waals surface area contributed by atoms with Crippen LogP contribution in [0.3, 0.4) is 0 Å². The third-order valence-electron chi connectivity index (χ3n) is 4.69. The maximum Gasteiger partial charge on any atom is 0.460 e. The van der Waals surface area contributed by atoms with Crippen LogP contribution in [0.4, 0.5) is 74.6 Å².